The monoisotopic (exact) mass is 447 g/mol. The molecule has 0 saturated heterocycles. The number of fused-ring (bicyclic) bond motifs is 2. The SMILES string of the molecule is O=C(/C=C\c1ccccc1)NCc1nc2ccccc2n1CCOc1cccc2ccccc12. The van der Waals surface area contributed by atoms with Crippen molar-refractivity contribution in [3.05, 3.63) is 115 Å². The molecule has 5 nitrogen and oxygen atoms in total. The summed E-state index contributed by atoms with van der Waals surface area (Å²) in [6, 6.07) is 32.0. The number of carbonyl (C=O) groups is 1. The van der Waals surface area contributed by atoms with E-state index < -0.39 is 0 Å². The number of nitrogens with zero attached hydrogens (tertiary/aromatic N) is 2. The summed E-state index contributed by atoms with van der Waals surface area (Å²) in [5.41, 5.74) is 2.90. The third-order valence-corrected chi connectivity index (χ3v) is 5.70. The van der Waals surface area contributed by atoms with E-state index in [0.717, 1.165) is 38.9 Å². The molecule has 1 amide bonds. The molecule has 34 heavy (non-hydrogen) atoms. The Morgan fingerprint density at radius 2 is 1.65 bits per heavy atom. The van der Waals surface area contributed by atoms with Crippen molar-refractivity contribution in [3.63, 3.8) is 0 Å². The predicted octanol–water partition coefficient (Wildman–Crippen LogP) is 5.60. The molecule has 5 aromatic rings. The van der Waals surface area contributed by atoms with Crippen LogP contribution in [0.4, 0.5) is 0 Å². The molecule has 5 rings (SSSR count). The first-order chi connectivity index (χ1) is 16.8. The minimum absolute atomic E-state index is 0.158. The van der Waals surface area contributed by atoms with Gasteiger partial charge >= 0.3 is 0 Å². The minimum atomic E-state index is -0.158. The number of nitrogens with one attached hydrogen (secondary N) is 1. The van der Waals surface area contributed by atoms with E-state index in [0.29, 0.717) is 19.7 Å². The summed E-state index contributed by atoms with van der Waals surface area (Å²) in [6.45, 7) is 1.44. The third-order valence-electron chi connectivity index (χ3n) is 5.70. The summed E-state index contributed by atoms with van der Waals surface area (Å²) in [5, 5.41) is 5.20. The van der Waals surface area contributed by atoms with Crippen LogP contribution in [0.5, 0.6) is 5.75 Å². The molecule has 0 aliphatic carbocycles. The van der Waals surface area contributed by atoms with Crippen LogP contribution in [0, 0.1) is 0 Å². The number of amides is 1. The number of para-hydroxylation sites is 2. The smallest absolute Gasteiger partial charge is 0.244 e. The Kier molecular flexibility index (Phi) is 6.34. The standard InChI is InChI=1S/C29H25N3O2/c33-29(18-17-22-9-2-1-3-10-22)30-21-28-31-25-14-6-7-15-26(25)32(28)19-20-34-27-16-8-12-23-11-4-5-13-24(23)27/h1-18H,19-21H2,(H,30,33)/b18-17-. The summed E-state index contributed by atoms with van der Waals surface area (Å²) in [5.74, 6) is 1.50. The zero-order valence-corrected chi connectivity index (χ0v) is 18.7. The normalized spacial score (nSPS) is 11.3. The third kappa shape index (κ3) is 4.84. The van der Waals surface area contributed by atoms with Crippen molar-refractivity contribution in [2.75, 3.05) is 6.61 Å². The molecular weight excluding hydrogens is 422 g/mol. The number of hydrogen-bond acceptors (Lipinski definition) is 3. The van der Waals surface area contributed by atoms with Crippen molar-refractivity contribution in [2.24, 2.45) is 0 Å². The van der Waals surface area contributed by atoms with Gasteiger partial charge in [-0.05, 0) is 35.2 Å². The van der Waals surface area contributed by atoms with E-state index in [4.69, 9.17) is 9.72 Å². The van der Waals surface area contributed by atoms with Crippen LogP contribution in [0.1, 0.15) is 11.4 Å². The molecule has 5 heteroatoms. The maximum Gasteiger partial charge on any atom is 0.244 e. The Bertz CT molecular complexity index is 1450. The van der Waals surface area contributed by atoms with Gasteiger partial charge in [-0.1, -0.05) is 78.9 Å². The first kappa shape index (κ1) is 21.5. The van der Waals surface area contributed by atoms with Crippen molar-refractivity contribution in [1.82, 2.24) is 14.9 Å². The lowest BCUT2D eigenvalue weighted by molar-refractivity contribution is -0.116. The summed E-state index contributed by atoms with van der Waals surface area (Å²) in [4.78, 5) is 17.1. The summed E-state index contributed by atoms with van der Waals surface area (Å²) in [6.07, 6.45) is 3.35. The average Bonchev–Trinajstić information content (AvgIpc) is 3.24. The molecule has 0 aliphatic heterocycles. The largest absolute Gasteiger partial charge is 0.491 e. The number of rotatable bonds is 8. The van der Waals surface area contributed by atoms with Gasteiger partial charge in [0.2, 0.25) is 5.91 Å². The van der Waals surface area contributed by atoms with E-state index >= 15 is 0 Å². The van der Waals surface area contributed by atoms with Crippen LogP contribution in [0.3, 0.4) is 0 Å². The van der Waals surface area contributed by atoms with Crippen LogP contribution in [0.25, 0.3) is 27.9 Å². The van der Waals surface area contributed by atoms with Gasteiger partial charge in [0.25, 0.3) is 0 Å². The number of aromatic nitrogens is 2. The van der Waals surface area contributed by atoms with Crippen LogP contribution in [-0.4, -0.2) is 22.1 Å². The van der Waals surface area contributed by atoms with Crippen molar-refractivity contribution in [3.8, 4) is 5.75 Å². The summed E-state index contributed by atoms with van der Waals surface area (Å²) >= 11 is 0. The summed E-state index contributed by atoms with van der Waals surface area (Å²) < 4.78 is 8.28. The topological polar surface area (TPSA) is 56.2 Å². The van der Waals surface area contributed by atoms with E-state index in [1.807, 2.05) is 78.9 Å². The van der Waals surface area contributed by atoms with Gasteiger partial charge in [0.05, 0.1) is 24.1 Å². The number of carbonyl (C=O) groups excluding carboxylic acids is 1. The minimum Gasteiger partial charge on any atom is -0.491 e. The van der Waals surface area contributed by atoms with Crippen molar-refractivity contribution in [2.45, 2.75) is 13.1 Å². The van der Waals surface area contributed by atoms with Gasteiger partial charge in [0.1, 0.15) is 18.2 Å². The van der Waals surface area contributed by atoms with Gasteiger partial charge in [0.15, 0.2) is 0 Å². The fourth-order valence-corrected chi connectivity index (χ4v) is 4.04. The Labute approximate surface area is 198 Å². The molecule has 0 spiro atoms. The lowest BCUT2D eigenvalue weighted by Gasteiger charge is -2.12. The molecule has 0 unspecified atom stereocenters. The molecule has 0 fully saturated rings. The highest BCUT2D eigenvalue weighted by atomic mass is 16.5. The molecule has 1 N–H and O–H groups in total. The first-order valence-corrected chi connectivity index (χ1v) is 11.3. The van der Waals surface area contributed by atoms with Crippen LogP contribution in [0.15, 0.2) is 103 Å². The second kappa shape index (κ2) is 10.0. The quantitative estimate of drug-likeness (QED) is 0.315. The fourth-order valence-electron chi connectivity index (χ4n) is 4.04. The molecule has 0 radical (unpaired) electrons. The van der Waals surface area contributed by atoms with E-state index in [1.54, 1.807) is 12.2 Å². The lowest BCUT2D eigenvalue weighted by atomic mass is 10.1. The Hall–Kier alpha value is -4.38. The highest BCUT2D eigenvalue weighted by Gasteiger charge is 2.11. The average molecular weight is 448 g/mol. The zero-order chi connectivity index (χ0) is 23.2. The molecular formula is C29H25N3O2. The second-order valence-electron chi connectivity index (χ2n) is 7.96. The molecule has 168 valence electrons. The highest BCUT2D eigenvalue weighted by Crippen LogP contribution is 2.25. The molecule has 0 aliphatic rings. The number of imidazole rings is 1. The Morgan fingerprint density at radius 3 is 2.56 bits per heavy atom. The molecule has 0 saturated carbocycles. The first-order valence-electron chi connectivity index (χ1n) is 11.3. The Morgan fingerprint density at radius 1 is 0.882 bits per heavy atom. The number of hydrogen-bond donors (Lipinski definition) is 1. The molecule has 0 bridgehead atoms. The fraction of sp³-hybridized carbons (Fsp3) is 0.103. The molecule has 1 heterocycles. The lowest BCUT2D eigenvalue weighted by Crippen LogP contribution is -2.23. The van der Waals surface area contributed by atoms with Crippen molar-refractivity contribution >= 4 is 33.8 Å². The van der Waals surface area contributed by atoms with E-state index in [2.05, 4.69) is 28.1 Å². The van der Waals surface area contributed by atoms with Gasteiger partial charge in [-0.25, -0.2) is 4.98 Å². The highest BCUT2D eigenvalue weighted by molar-refractivity contribution is 5.91. The number of ether oxygens (including phenoxy) is 1. The molecule has 4 aromatic carbocycles. The number of benzene rings is 4. The van der Waals surface area contributed by atoms with Gasteiger partial charge in [0, 0.05) is 11.5 Å². The second-order valence-corrected chi connectivity index (χ2v) is 7.96. The van der Waals surface area contributed by atoms with Gasteiger partial charge in [-0.2, -0.15) is 0 Å². The van der Waals surface area contributed by atoms with Crippen LogP contribution in [-0.2, 0) is 17.9 Å². The maximum atomic E-state index is 12.4. The van der Waals surface area contributed by atoms with Crippen LogP contribution >= 0.6 is 0 Å². The van der Waals surface area contributed by atoms with Crippen LogP contribution < -0.4 is 10.1 Å². The van der Waals surface area contributed by atoms with Crippen molar-refractivity contribution < 1.29 is 9.53 Å². The molecule has 1 aromatic heterocycles. The van der Waals surface area contributed by atoms with Gasteiger partial charge in [-0.3, -0.25) is 4.79 Å². The van der Waals surface area contributed by atoms with E-state index in [9.17, 15) is 4.79 Å². The predicted molar refractivity (Wildman–Crippen MR) is 136 cm³/mol. The van der Waals surface area contributed by atoms with Gasteiger partial charge in [-0.15, -0.1) is 0 Å². The zero-order valence-electron chi connectivity index (χ0n) is 18.7. The van der Waals surface area contributed by atoms with Crippen LogP contribution in [0.2, 0.25) is 0 Å². The van der Waals surface area contributed by atoms with E-state index in [-0.39, 0.29) is 5.91 Å². The molecule has 0 atom stereocenters. The van der Waals surface area contributed by atoms with E-state index in [1.165, 1.54) is 0 Å². The summed E-state index contributed by atoms with van der Waals surface area (Å²) in [7, 11) is 0. The Balaban J connectivity index is 1.29. The maximum absolute atomic E-state index is 12.4. The van der Waals surface area contributed by atoms with Gasteiger partial charge < -0.3 is 14.6 Å². The van der Waals surface area contributed by atoms with Crippen molar-refractivity contribution in [1.29, 1.82) is 0 Å².